The van der Waals surface area contributed by atoms with Gasteiger partial charge in [0.2, 0.25) is 5.54 Å². The Labute approximate surface area is 83.6 Å². The van der Waals surface area contributed by atoms with Gasteiger partial charge in [-0.05, 0) is 20.8 Å². The van der Waals surface area contributed by atoms with Crippen LogP contribution in [-0.4, -0.2) is 23.0 Å². The fourth-order valence-electron chi connectivity index (χ4n) is 0.790. The van der Waals surface area contributed by atoms with Crippen molar-refractivity contribution in [2.75, 3.05) is 6.61 Å². The van der Waals surface area contributed by atoms with Crippen LogP contribution in [0.3, 0.4) is 0 Å². The molecule has 0 saturated carbocycles. The van der Waals surface area contributed by atoms with Crippen molar-refractivity contribution in [1.82, 2.24) is 0 Å². The highest BCUT2D eigenvalue weighted by atomic mass is 16.6. The van der Waals surface area contributed by atoms with Crippen LogP contribution in [0.25, 0.3) is 0 Å². The highest BCUT2D eigenvalue weighted by Gasteiger charge is 2.53. The Morgan fingerprint density at radius 3 is 2.07 bits per heavy atom. The van der Waals surface area contributed by atoms with Gasteiger partial charge in [0, 0.05) is 18.8 Å². The smallest absolute Gasteiger partial charge is 0.318 e. The number of carbonyl (C=O) groups is 1. The molecule has 14 heavy (non-hydrogen) atoms. The van der Waals surface area contributed by atoms with E-state index in [1.54, 1.807) is 6.92 Å². The van der Waals surface area contributed by atoms with Crippen molar-refractivity contribution in [3.05, 3.63) is 10.1 Å². The second-order valence-corrected chi connectivity index (χ2v) is 4.16. The Bertz CT molecular complexity index is 245. The Morgan fingerprint density at radius 1 is 1.36 bits per heavy atom. The van der Waals surface area contributed by atoms with Gasteiger partial charge in [-0.15, -0.1) is 0 Å². The van der Waals surface area contributed by atoms with Gasteiger partial charge < -0.3 is 4.74 Å². The van der Waals surface area contributed by atoms with Crippen LogP contribution in [0.5, 0.6) is 0 Å². The Kier molecular flexibility index (Phi) is 3.62. The molecule has 0 spiro atoms. The molecule has 5 nitrogen and oxygen atoms in total. The maximum absolute atomic E-state index is 11.5. The highest BCUT2D eigenvalue weighted by molar-refractivity contribution is 5.77. The normalized spacial score (nSPS) is 12.4. The minimum absolute atomic E-state index is 0.232. The molecular weight excluding hydrogens is 186 g/mol. The molecule has 0 fully saturated rings. The van der Waals surface area contributed by atoms with Crippen molar-refractivity contribution < 1.29 is 14.5 Å². The van der Waals surface area contributed by atoms with E-state index in [-0.39, 0.29) is 6.61 Å². The molecule has 0 aromatic carbocycles. The molecule has 5 heteroatoms. The average molecular weight is 203 g/mol. The molecule has 0 unspecified atom stereocenters. The van der Waals surface area contributed by atoms with Crippen LogP contribution in [0.2, 0.25) is 0 Å². The van der Waals surface area contributed by atoms with Crippen LogP contribution in [0, 0.1) is 15.5 Å². The maximum Gasteiger partial charge on any atom is 0.318 e. The topological polar surface area (TPSA) is 69.4 Å². The van der Waals surface area contributed by atoms with Crippen LogP contribution in [0.4, 0.5) is 0 Å². The van der Waals surface area contributed by atoms with Crippen molar-refractivity contribution in [3.8, 4) is 0 Å². The third-order valence-corrected chi connectivity index (χ3v) is 2.77. The first-order valence-corrected chi connectivity index (χ1v) is 4.49. The number of hydrogen-bond donors (Lipinski definition) is 0. The van der Waals surface area contributed by atoms with Gasteiger partial charge in [0.15, 0.2) is 0 Å². The van der Waals surface area contributed by atoms with Crippen LogP contribution in [-0.2, 0) is 9.53 Å². The molecule has 0 aromatic rings. The van der Waals surface area contributed by atoms with E-state index >= 15 is 0 Å². The first kappa shape index (κ1) is 12.9. The summed E-state index contributed by atoms with van der Waals surface area (Å²) in [6.45, 7) is 7.79. The fourth-order valence-corrected chi connectivity index (χ4v) is 0.790. The Morgan fingerprint density at radius 2 is 1.79 bits per heavy atom. The van der Waals surface area contributed by atoms with Gasteiger partial charge in [-0.3, -0.25) is 14.9 Å². The molecule has 0 atom stereocenters. The van der Waals surface area contributed by atoms with Gasteiger partial charge in [-0.25, -0.2) is 0 Å². The molecular formula is C9H17NO4. The maximum atomic E-state index is 11.5. The predicted molar refractivity (Wildman–Crippen MR) is 51.5 cm³/mol. The zero-order valence-electron chi connectivity index (χ0n) is 9.29. The van der Waals surface area contributed by atoms with Crippen molar-refractivity contribution >= 4 is 5.97 Å². The number of carbonyl (C=O) groups excluding carboxylic acids is 1. The molecule has 0 amide bonds. The van der Waals surface area contributed by atoms with E-state index in [0.717, 1.165) is 0 Å². The second-order valence-electron chi connectivity index (χ2n) is 4.16. The lowest BCUT2D eigenvalue weighted by Crippen LogP contribution is -2.51. The molecule has 82 valence electrons. The summed E-state index contributed by atoms with van der Waals surface area (Å²) in [7, 11) is 0. The van der Waals surface area contributed by atoms with Crippen molar-refractivity contribution in [2.24, 2.45) is 5.41 Å². The summed E-state index contributed by atoms with van der Waals surface area (Å²) in [5.41, 5.74) is -2.47. The first-order valence-electron chi connectivity index (χ1n) is 4.49. The largest absolute Gasteiger partial charge is 0.465 e. The molecule has 0 rings (SSSR count). The molecule has 0 heterocycles. The number of esters is 1. The quantitative estimate of drug-likeness (QED) is 0.395. The lowest BCUT2D eigenvalue weighted by atomic mass is 9.75. The summed E-state index contributed by atoms with van der Waals surface area (Å²) in [4.78, 5) is 21.8. The van der Waals surface area contributed by atoms with Crippen LogP contribution in [0.15, 0.2) is 0 Å². The predicted octanol–water partition coefficient (Wildman–Crippen LogP) is 1.63. The molecule has 0 aliphatic rings. The molecule has 0 aliphatic heterocycles. The van der Waals surface area contributed by atoms with Crippen molar-refractivity contribution in [1.29, 1.82) is 0 Å². The summed E-state index contributed by atoms with van der Waals surface area (Å²) in [5, 5.41) is 10.8. The van der Waals surface area contributed by atoms with Gasteiger partial charge in [0.05, 0.1) is 6.61 Å². The van der Waals surface area contributed by atoms with Crippen molar-refractivity contribution in [2.45, 2.75) is 40.2 Å². The van der Waals surface area contributed by atoms with Crippen LogP contribution >= 0.6 is 0 Å². The summed E-state index contributed by atoms with van der Waals surface area (Å²) in [6.07, 6.45) is 0. The SMILES string of the molecule is CCOC(=O)C(C)(C)C(C)(C)[N+](=O)[O-]. The van der Waals surface area contributed by atoms with Crippen LogP contribution < -0.4 is 0 Å². The minimum atomic E-state index is -1.33. The molecule has 0 bridgehead atoms. The Hall–Kier alpha value is -1.13. The number of ether oxygens (including phenoxy) is 1. The van der Waals surface area contributed by atoms with Crippen molar-refractivity contribution in [3.63, 3.8) is 0 Å². The second kappa shape index (κ2) is 3.94. The Balaban J connectivity index is 4.94. The lowest BCUT2D eigenvalue weighted by Gasteiger charge is -2.31. The molecule has 0 saturated heterocycles. The van der Waals surface area contributed by atoms with Gasteiger partial charge in [0.1, 0.15) is 5.41 Å². The van der Waals surface area contributed by atoms with E-state index < -0.39 is 21.8 Å². The molecule has 0 aliphatic carbocycles. The third-order valence-electron chi connectivity index (χ3n) is 2.77. The average Bonchev–Trinajstić information content (AvgIpc) is 2.04. The molecule has 0 N–H and O–H groups in total. The number of nitrogens with zero attached hydrogens (tertiary/aromatic N) is 1. The first-order chi connectivity index (χ1) is 6.17. The van der Waals surface area contributed by atoms with E-state index in [1.807, 2.05) is 0 Å². The lowest BCUT2D eigenvalue weighted by molar-refractivity contribution is -0.577. The van der Waals surface area contributed by atoms with E-state index in [1.165, 1.54) is 27.7 Å². The van der Waals surface area contributed by atoms with Gasteiger partial charge in [-0.1, -0.05) is 0 Å². The van der Waals surface area contributed by atoms with Crippen LogP contribution in [0.1, 0.15) is 34.6 Å². The summed E-state index contributed by atoms with van der Waals surface area (Å²) < 4.78 is 4.80. The molecule has 0 aromatic heterocycles. The third kappa shape index (κ3) is 2.02. The van der Waals surface area contributed by atoms with E-state index in [0.29, 0.717) is 0 Å². The number of nitro groups is 1. The number of hydrogen-bond acceptors (Lipinski definition) is 4. The van der Waals surface area contributed by atoms with Gasteiger partial charge in [0.25, 0.3) is 0 Å². The van der Waals surface area contributed by atoms with E-state index in [4.69, 9.17) is 4.74 Å². The molecule has 0 radical (unpaired) electrons. The number of rotatable bonds is 4. The van der Waals surface area contributed by atoms with E-state index in [2.05, 4.69) is 0 Å². The standard InChI is InChI=1S/C9H17NO4/c1-6-14-7(11)8(2,3)9(4,5)10(12)13/h6H2,1-5H3. The fraction of sp³-hybridized carbons (Fsp3) is 0.889. The summed E-state index contributed by atoms with van der Waals surface area (Å²) in [5.74, 6) is -0.540. The summed E-state index contributed by atoms with van der Waals surface area (Å²) in [6, 6.07) is 0. The van der Waals surface area contributed by atoms with Gasteiger partial charge in [-0.2, -0.15) is 0 Å². The van der Waals surface area contributed by atoms with Gasteiger partial charge >= 0.3 is 5.97 Å². The minimum Gasteiger partial charge on any atom is -0.465 e. The monoisotopic (exact) mass is 203 g/mol. The zero-order valence-corrected chi connectivity index (χ0v) is 9.29. The zero-order chi connectivity index (χ0) is 11.6. The van der Waals surface area contributed by atoms with E-state index in [9.17, 15) is 14.9 Å². The highest BCUT2D eigenvalue weighted by Crippen LogP contribution is 2.34. The summed E-state index contributed by atoms with van der Waals surface area (Å²) >= 11 is 0.